The topological polar surface area (TPSA) is 58.6 Å². The van der Waals surface area contributed by atoms with Gasteiger partial charge in [0.05, 0.1) is 12.5 Å². The Morgan fingerprint density at radius 1 is 1.08 bits per heavy atom. The third-order valence-corrected chi connectivity index (χ3v) is 5.37. The first-order valence-corrected chi connectivity index (χ1v) is 8.48. The second-order valence-electron chi connectivity index (χ2n) is 6.60. The number of nitrogens with one attached hydrogen (secondary N) is 1. The molecular weight excluding hydrogens is 316 g/mol. The summed E-state index contributed by atoms with van der Waals surface area (Å²) in [6.45, 7) is 1.15. The van der Waals surface area contributed by atoms with Crippen LogP contribution >= 0.6 is 0 Å². The van der Waals surface area contributed by atoms with Crippen LogP contribution in [0.5, 0.6) is 5.75 Å². The summed E-state index contributed by atoms with van der Waals surface area (Å²) in [4.78, 5) is 27.1. The molecule has 0 unspecified atom stereocenters. The Balaban J connectivity index is 1.51. The van der Waals surface area contributed by atoms with Gasteiger partial charge in [-0.25, -0.2) is 0 Å². The van der Waals surface area contributed by atoms with Crippen LogP contribution in [-0.4, -0.2) is 36.9 Å². The number of benzene rings is 2. The molecule has 128 valence electrons. The summed E-state index contributed by atoms with van der Waals surface area (Å²) >= 11 is 0. The van der Waals surface area contributed by atoms with Crippen molar-refractivity contribution >= 4 is 17.5 Å². The molecule has 0 atom stereocenters. The predicted molar refractivity (Wildman–Crippen MR) is 94.9 cm³/mol. The van der Waals surface area contributed by atoms with E-state index < -0.39 is 5.41 Å². The van der Waals surface area contributed by atoms with Gasteiger partial charge in [-0.1, -0.05) is 18.2 Å². The predicted octanol–water partition coefficient (Wildman–Crippen LogP) is 2.82. The standard InChI is InChI=1S/C20H20N2O3/c1-25-15-8-6-14(7-9-15)18(23)22-12-10-20(11-13-22)16-4-2-3-5-17(16)21-19(20)24/h2-9H,10-13H2,1H3,(H,21,24). The minimum atomic E-state index is -0.493. The summed E-state index contributed by atoms with van der Waals surface area (Å²) < 4.78 is 5.13. The third-order valence-electron chi connectivity index (χ3n) is 5.37. The van der Waals surface area contributed by atoms with Gasteiger partial charge in [0, 0.05) is 24.3 Å². The molecule has 1 saturated heterocycles. The Morgan fingerprint density at radius 3 is 2.44 bits per heavy atom. The van der Waals surface area contributed by atoms with Gasteiger partial charge in [-0.2, -0.15) is 0 Å². The van der Waals surface area contributed by atoms with Gasteiger partial charge in [0.2, 0.25) is 5.91 Å². The molecule has 2 aliphatic heterocycles. The Hall–Kier alpha value is -2.82. The van der Waals surface area contributed by atoms with E-state index in [1.54, 1.807) is 31.4 Å². The number of carbonyl (C=O) groups excluding carboxylic acids is 2. The van der Waals surface area contributed by atoms with Crippen LogP contribution in [0.1, 0.15) is 28.8 Å². The summed E-state index contributed by atoms with van der Waals surface area (Å²) in [6.07, 6.45) is 1.30. The summed E-state index contributed by atoms with van der Waals surface area (Å²) in [5.41, 5.74) is 2.12. The van der Waals surface area contributed by atoms with Gasteiger partial charge in [-0.15, -0.1) is 0 Å². The maximum atomic E-state index is 12.7. The average molecular weight is 336 g/mol. The average Bonchev–Trinajstić information content (AvgIpc) is 2.94. The monoisotopic (exact) mass is 336 g/mol. The zero-order valence-electron chi connectivity index (χ0n) is 14.1. The Labute approximate surface area is 146 Å². The fraction of sp³-hybridized carbons (Fsp3) is 0.300. The van der Waals surface area contributed by atoms with Crippen molar-refractivity contribution in [3.05, 3.63) is 59.7 Å². The molecule has 5 heteroatoms. The van der Waals surface area contributed by atoms with E-state index in [2.05, 4.69) is 5.32 Å². The first-order chi connectivity index (χ1) is 12.1. The number of carbonyl (C=O) groups is 2. The molecule has 4 rings (SSSR count). The zero-order chi connectivity index (χ0) is 17.4. The van der Waals surface area contributed by atoms with Gasteiger partial charge < -0.3 is 15.0 Å². The van der Waals surface area contributed by atoms with Crippen LogP contribution in [0.2, 0.25) is 0 Å². The highest BCUT2D eigenvalue weighted by atomic mass is 16.5. The van der Waals surface area contributed by atoms with E-state index in [9.17, 15) is 9.59 Å². The van der Waals surface area contributed by atoms with Crippen LogP contribution in [0.25, 0.3) is 0 Å². The number of fused-ring (bicyclic) bond motifs is 2. The fourth-order valence-electron chi connectivity index (χ4n) is 3.88. The van der Waals surface area contributed by atoms with Crippen molar-refractivity contribution < 1.29 is 14.3 Å². The molecule has 0 radical (unpaired) electrons. The lowest BCUT2D eigenvalue weighted by Gasteiger charge is -2.38. The van der Waals surface area contributed by atoms with Gasteiger partial charge in [0.25, 0.3) is 5.91 Å². The smallest absolute Gasteiger partial charge is 0.253 e. The number of hydrogen-bond acceptors (Lipinski definition) is 3. The van der Waals surface area contributed by atoms with E-state index in [0.29, 0.717) is 31.5 Å². The number of para-hydroxylation sites is 1. The second-order valence-corrected chi connectivity index (χ2v) is 6.60. The number of methoxy groups -OCH3 is 1. The number of anilines is 1. The van der Waals surface area contributed by atoms with Crippen LogP contribution in [0, 0.1) is 0 Å². The molecule has 1 fully saturated rings. The maximum Gasteiger partial charge on any atom is 0.253 e. The van der Waals surface area contributed by atoms with Crippen molar-refractivity contribution in [3.8, 4) is 5.75 Å². The van der Waals surface area contributed by atoms with Crippen molar-refractivity contribution in [1.82, 2.24) is 4.90 Å². The van der Waals surface area contributed by atoms with Gasteiger partial charge in [0.15, 0.2) is 0 Å². The Kier molecular flexibility index (Phi) is 3.71. The molecular formula is C20H20N2O3. The highest BCUT2D eigenvalue weighted by Crippen LogP contribution is 2.44. The molecule has 1 N–H and O–H groups in total. The highest BCUT2D eigenvalue weighted by molar-refractivity contribution is 6.06. The number of likely N-dealkylation sites (tertiary alicyclic amines) is 1. The van der Waals surface area contributed by atoms with Crippen molar-refractivity contribution in [2.45, 2.75) is 18.3 Å². The maximum absolute atomic E-state index is 12.7. The summed E-state index contributed by atoms with van der Waals surface area (Å²) in [7, 11) is 1.60. The van der Waals surface area contributed by atoms with E-state index in [1.807, 2.05) is 29.2 Å². The first-order valence-electron chi connectivity index (χ1n) is 8.48. The van der Waals surface area contributed by atoms with Crippen LogP contribution in [0.3, 0.4) is 0 Å². The first kappa shape index (κ1) is 15.7. The summed E-state index contributed by atoms with van der Waals surface area (Å²) in [6, 6.07) is 15.0. The second kappa shape index (κ2) is 5.92. The molecule has 2 amide bonds. The molecule has 2 aliphatic rings. The Bertz CT molecular complexity index is 821. The highest BCUT2D eigenvalue weighted by Gasteiger charge is 2.48. The quantitative estimate of drug-likeness (QED) is 0.917. The normalized spacial score (nSPS) is 18.0. The van der Waals surface area contributed by atoms with E-state index in [4.69, 9.17) is 4.74 Å². The lowest BCUT2D eigenvalue weighted by Crippen LogP contribution is -2.48. The molecule has 25 heavy (non-hydrogen) atoms. The number of amides is 2. The van der Waals surface area contributed by atoms with Crippen molar-refractivity contribution in [2.75, 3.05) is 25.5 Å². The van der Waals surface area contributed by atoms with Gasteiger partial charge >= 0.3 is 0 Å². The van der Waals surface area contributed by atoms with E-state index in [-0.39, 0.29) is 11.8 Å². The molecule has 0 bridgehead atoms. The number of hydrogen-bond donors (Lipinski definition) is 1. The Morgan fingerprint density at radius 2 is 1.76 bits per heavy atom. The van der Waals surface area contributed by atoms with Crippen LogP contribution in [0.15, 0.2) is 48.5 Å². The van der Waals surface area contributed by atoms with Crippen LogP contribution < -0.4 is 10.1 Å². The minimum Gasteiger partial charge on any atom is -0.497 e. The van der Waals surface area contributed by atoms with Crippen LogP contribution in [-0.2, 0) is 10.2 Å². The lowest BCUT2D eigenvalue weighted by atomic mass is 9.73. The molecule has 2 aromatic rings. The lowest BCUT2D eigenvalue weighted by molar-refractivity contribution is -0.122. The molecule has 1 spiro atoms. The SMILES string of the molecule is COc1ccc(C(=O)N2CCC3(CC2)C(=O)Nc2ccccc23)cc1. The van der Waals surface area contributed by atoms with E-state index in [0.717, 1.165) is 17.0 Å². The minimum absolute atomic E-state index is 0.00388. The molecule has 0 aromatic heterocycles. The molecule has 0 saturated carbocycles. The van der Waals surface area contributed by atoms with Crippen molar-refractivity contribution in [3.63, 3.8) is 0 Å². The number of rotatable bonds is 2. The van der Waals surface area contributed by atoms with Gasteiger partial charge in [0.1, 0.15) is 5.75 Å². The number of ether oxygens (including phenoxy) is 1. The molecule has 5 nitrogen and oxygen atoms in total. The largest absolute Gasteiger partial charge is 0.497 e. The zero-order valence-corrected chi connectivity index (χ0v) is 14.1. The summed E-state index contributed by atoms with van der Waals surface area (Å²) in [5, 5.41) is 2.99. The van der Waals surface area contributed by atoms with Crippen LogP contribution in [0.4, 0.5) is 5.69 Å². The molecule has 0 aliphatic carbocycles. The molecule has 2 aromatic carbocycles. The molecule has 2 heterocycles. The number of nitrogens with zero attached hydrogens (tertiary/aromatic N) is 1. The summed E-state index contributed by atoms with van der Waals surface area (Å²) in [5.74, 6) is 0.794. The fourth-order valence-corrected chi connectivity index (χ4v) is 3.88. The van der Waals surface area contributed by atoms with Gasteiger partial charge in [-0.3, -0.25) is 9.59 Å². The third kappa shape index (κ3) is 2.47. The van der Waals surface area contributed by atoms with Crippen molar-refractivity contribution in [1.29, 1.82) is 0 Å². The van der Waals surface area contributed by atoms with Gasteiger partial charge in [-0.05, 0) is 48.7 Å². The van der Waals surface area contributed by atoms with E-state index in [1.165, 1.54) is 0 Å². The number of piperidine rings is 1. The van der Waals surface area contributed by atoms with E-state index >= 15 is 0 Å². The van der Waals surface area contributed by atoms with Crippen molar-refractivity contribution in [2.24, 2.45) is 0 Å².